The number of aryl methyl sites for hydroxylation is 1. The Morgan fingerprint density at radius 3 is 2.31 bits per heavy atom. The number of piperidine rings is 1. The van der Waals surface area contributed by atoms with Crippen LogP contribution >= 0.6 is 0 Å². The summed E-state index contributed by atoms with van der Waals surface area (Å²) >= 11 is 0. The second kappa shape index (κ2) is 8.51. The Bertz CT molecular complexity index is 1000. The number of benzene rings is 1. The molecule has 0 aliphatic carbocycles. The fraction of sp³-hybridized carbons (Fsp3) is 0.429. The number of nitrogens with zero attached hydrogens (tertiary/aromatic N) is 2. The summed E-state index contributed by atoms with van der Waals surface area (Å²) in [5.41, 5.74) is 3.23. The van der Waals surface area contributed by atoms with E-state index in [2.05, 4.69) is 0 Å². The Hall–Kier alpha value is -2.45. The molecule has 1 aliphatic rings. The fourth-order valence-corrected chi connectivity index (χ4v) is 4.65. The van der Waals surface area contributed by atoms with E-state index >= 15 is 0 Å². The molecule has 0 N–H and O–H groups in total. The number of rotatable bonds is 6. The van der Waals surface area contributed by atoms with Gasteiger partial charge in [-0.1, -0.05) is 18.2 Å². The summed E-state index contributed by atoms with van der Waals surface area (Å²) in [7, 11) is -3.24. The van der Waals surface area contributed by atoms with E-state index in [1.54, 1.807) is 0 Å². The lowest BCUT2D eigenvalue weighted by Gasteiger charge is -2.28. The third-order valence-corrected chi connectivity index (χ3v) is 6.65. The molecule has 29 heavy (non-hydrogen) atoms. The lowest BCUT2D eigenvalue weighted by molar-refractivity contribution is -0.148. The van der Waals surface area contributed by atoms with Gasteiger partial charge in [-0.25, -0.2) is 12.7 Å². The number of sulfonamides is 1. The van der Waals surface area contributed by atoms with Crippen LogP contribution in [0.5, 0.6) is 0 Å². The average Bonchev–Trinajstić information content (AvgIpc) is 3.00. The summed E-state index contributed by atoms with van der Waals surface area (Å²) in [6.45, 7) is 4.08. The predicted octanol–water partition coefficient (Wildman–Crippen LogP) is 2.49. The van der Waals surface area contributed by atoms with Crippen LogP contribution in [0.25, 0.3) is 5.69 Å². The highest BCUT2D eigenvalue weighted by molar-refractivity contribution is 7.88. The minimum Gasteiger partial charge on any atom is -0.457 e. The number of para-hydroxylation sites is 1. The van der Waals surface area contributed by atoms with Crippen LogP contribution in [0.3, 0.4) is 0 Å². The van der Waals surface area contributed by atoms with Crippen molar-refractivity contribution in [2.24, 2.45) is 5.92 Å². The zero-order valence-corrected chi connectivity index (χ0v) is 17.7. The van der Waals surface area contributed by atoms with Crippen molar-refractivity contribution in [3.63, 3.8) is 0 Å². The zero-order chi connectivity index (χ0) is 21.2. The first kappa shape index (κ1) is 21.3. The van der Waals surface area contributed by atoms with Crippen LogP contribution in [0, 0.1) is 19.8 Å². The predicted molar refractivity (Wildman–Crippen MR) is 110 cm³/mol. The van der Waals surface area contributed by atoms with Gasteiger partial charge in [-0.3, -0.25) is 9.59 Å². The second-order valence-corrected chi connectivity index (χ2v) is 9.41. The van der Waals surface area contributed by atoms with E-state index in [4.69, 9.17) is 4.74 Å². The molecule has 1 fully saturated rings. The molecule has 0 spiro atoms. The summed E-state index contributed by atoms with van der Waals surface area (Å²) < 4.78 is 31.7. The molecule has 0 atom stereocenters. The minimum absolute atomic E-state index is 0.248. The molecule has 3 rings (SSSR count). The standard InChI is InChI=1S/C21H26N2O5S/c1-15-13-19(16(2)23(15)18-7-5-4-6-8-18)20(24)14-28-21(25)17-9-11-22(12-10-17)29(3,26)27/h4-8,13,17H,9-12,14H2,1-3H3. The second-order valence-electron chi connectivity index (χ2n) is 7.42. The minimum atomic E-state index is -3.24. The molecule has 1 aromatic carbocycles. The van der Waals surface area contributed by atoms with Gasteiger partial charge in [0.05, 0.1) is 12.2 Å². The van der Waals surface area contributed by atoms with E-state index in [1.807, 2.05) is 54.8 Å². The third-order valence-electron chi connectivity index (χ3n) is 5.35. The van der Waals surface area contributed by atoms with Gasteiger partial charge in [-0.2, -0.15) is 0 Å². The summed E-state index contributed by atoms with van der Waals surface area (Å²) in [4.78, 5) is 25.0. The third kappa shape index (κ3) is 4.76. The van der Waals surface area contributed by atoms with Gasteiger partial charge in [0.25, 0.3) is 0 Å². The molecule has 1 aliphatic heterocycles. The quantitative estimate of drug-likeness (QED) is 0.531. The van der Waals surface area contributed by atoms with Crippen molar-refractivity contribution in [2.75, 3.05) is 26.0 Å². The highest BCUT2D eigenvalue weighted by Gasteiger charge is 2.30. The normalized spacial score (nSPS) is 16.0. The molecule has 2 aromatic rings. The SMILES string of the molecule is Cc1cc(C(=O)COC(=O)C2CCN(S(C)(=O)=O)CC2)c(C)n1-c1ccccc1. The Labute approximate surface area is 171 Å². The zero-order valence-electron chi connectivity index (χ0n) is 16.9. The van der Waals surface area contributed by atoms with E-state index in [9.17, 15) is 18.0 Å². The Kier molecular flexibility index (Phi) is 6.24. The number of Topliss-reactive ketones (excluding diaryl/α,β-unsaturated/α-hetero) is 1. The number of carbonyl (C=O) groups is 2. The van der Waals surface area contributed by atoms with Crippen molar-refractivity contribution in [3.05, 3.63) is 53.3 Å². The molecule has 7 nitrogen and oxygen atoms in total. The van der Waals surface area contributed by atoms with Crippen molar-refractivity contribution in [3.8, 4) is 5.69 Å². The van der Waals surface area contributed by atoms with Gasteiger partial charge in [0.1, 0.15) is 0 Å². The smallest absolute Gasteiger partial charge is 0.309 e. The largest absolute Gasteiger partial charge is 0.457 e. The number of ketones is 1. The summed E-state index contributed by atoms with van der Waals surface area (Å²) in [5.74, 6) is -1.07. The van der Waals surface area contributed by atoms with Crippen molar-refractivity contribution in [1.82, 2.24) is 8.87 Å². The van der Waals surface area contributed by atoms with Crippen molar-refractivity contribution in [2.45, 2.75) is 26.7 Å². The van der Waals surface area contributed by atoms with E-state index in [0.29, 0.717) is 31.5 Å². The molecule has 2 heterocycles. The highest BCUT2D eigenvalue weighted by atomic mass is 32.2. The average molecular weight is 419 g/mol. The summed E-state index contributed by atoms with van der Waals surface area (Å²) in [6.07, 6.45) is 1.97. The van der Waals surface area contributed by atoms with Crippen LogP contribution in [0.4, 0.5) is 0 Å². The van der Waals surface area contributed by atoms with Crippen LogP contribution in [0.15, 0.2) is 36.4 Å². The molecule has 0 unspecified atom stereocenters. The number of carbonyl (C=O) groups excluding carboxylic acids is 2. The van der Waals surface area contributed by atoms with Crippen LogP contribution in [-0.4, -0.2) is 55.0 Å². The van der Waals surface area contributed by atoms with Gasteiger partial charge in [0.15, 0.2) is 6.61 Å². The lowest BCUT2D eigenvalue weighted by Crippen LogP contribution is -2.40. The van der Waals surface area contributed by atoms with E-state index in [0.717, 1.165) is 23.3 Å². The Balaban J connectivity index is 1.61. The van der Waals surface area contributed by atoms with Gasteiger partial charge in [0, 0.05) is 35.7 Å². The first-order chi connectivity index (χ1) is 13.7. The molecule has 1 saturated heterocycles. The van der Waals surface area contributed by atoms with Crippen LogP contribution in [-0.2, 0) is 19.6 Å². The number of ether oxygens (including phenoxy) is 1. The van der Waals surface area contributed by atoms with Gasteiger partial charge in [-0.15, -0.1) is 0 Å². The number of aromatic nitrogens is 1. The number of hydrogen-bond acceptors (Lipinski definition) is 5. The van der Waals surface area contributed by atoms with Crippen molar-refractivity contribution in [1.29, 1.82) is 0 Å². The summed E-state index contributed by atoms with van der Waals surface area (Å²) in [6, 6.07) is 11.6. The summed E-state index contributed by atoms with van der Waals surface area (Å²) in [5, 5.41) is 0. The van der Waals surface area contributed by atoms with Crippen LogP contribution < -0.4 is 0 Å². The molecule has 8 heteroatoms. The molecular weight excluding hydrogens is 392 g/mol. The Morgan fingerprint density at radius 2 is 1.72 bits per heavy atom. The molecule has 1 aromatic heterocycles. The van der Waals surface area contributed by atoms with Crippen molar-refractivity contribution >= 4 is 21.8 Å². The highest BCUT2D eigenvalue weighted by Crippen LogP contribution is 2.23. The fourth-order valence-electron chi connectivity index (χ4n) is 3.77. The van der Waals surface area contributed by atoms with Gasteiger partial charge in [-0.05, 0) is 44.9 Å². The van der Waals surface area contributed by atoms with Gasteiger partial charge >= 0.3 is 5.97 Å². The Morgan fingerprint density at radius 1 is 1.10 bits per heavy atom. The van der Waals surface area contributed by atoms with Crippen molar-refractivity contribution < 1.29 is 22.7 Å². The number of hydrogen-bond donors (Lipinski definition) is 0. The molecule has 0 radical (unpaired) electrons. The van der Waals surface area contributed by atoms with E-state index in [-0.39, 0.29) is 18.3 Å². The first-order valence-corrected chi connectivity index (χ1v) is 11.4. The molecule has 0 saturated carbocycles. The maximum absolute atomic E-state index is 12.7. The van der Waals surface area contributed by atoms with Gasteiger partial charge < -0.3 is 9.30 Å². The lowest BCUT2D eigenvalue weighted by atomic mass is 9.98. The molecule has 156 valence electrons. The molecule has 0 bridgehead atoms. The molecule has 0 amide bonds. The van der Waals surface area contributed by atoms with Gasteiger partial charge in [0.2, 0.25) is 15.8 Å². The maximum Gasteiger partial charge on any atom is 0.309 e. The van der Waals surface area contributed by atoms with E-state index in [1.165, 1.54) is 4.31 Å². The monoisotopic (exact) mass is 418 g/mol. The maximum atomic E-state index is 12.7. The first-order valence-electron chi connectivity index (χ1n) is 9.58. The molecular formula is C21H26N2O5S. The topological polar surface area (TPSA) is 85.7 Å². The van der Waals surface area contributed by atoms with Crippen LogP contribution in [0.2, 0.25) is 0 Å². The van der Waals surface area contributed by atoms with Crippen LogP contribution in [0.1, 0.15) is 34.6 Å². The number of esters is 1. The van der Waals surface area contributed by atoms with E-state index < -0.39 is 16.0 Å².